The minimum atomic E-state index is -4.63. The SMILES string of the molecule is CS(=O)(=O)Oc1ccc(CN2CCN(c3ccc4nnc(C(F)(F)F)n4n3)CC2)cc1. The number of hydrogen-bond donors (Lipinski definition) is 0. The molecule has 4 rings (SSSR count). The molecule has 1 aliphatic heterocycles. The zero-order valence-corrected chi connectivity index (χ0v) is 17.3. The molecule has 0 aliphatic carbocycles. The standard InChI is InChI=1S/C18H19F3N6O3S/c1-31(28,29)30-14-4-2-13(3-5-14)12-25-8-10-26(11-9-25)16-7-6-15-22-23-17(18(19,20)21)27(15)24-16/h2-7H,8-12H2,1H3. The molecule has 0 N–H and O–H groups in total. The Labute approximate surface area is 176 Å². The van der Waals surface area contributed by atoms with Crippen molar-refractivity contribution in [3.63, 3.8) is 0 Å². The Bertz CT molecular complexity index is 1170. The number of alkyl halides is 3. The number of rotatable bonds is 5. The molecule has 0 saturated carbocycles. The van der Waals surface area contributed by atoms with E-state index in [2.05, 4.69) is 20.2 Å². The van der Waals surface area contributed by atoms with Gasteiger partial charge in [-0.1, -0.05) is 12.1 Å². The van der Waals surface area contributed by atoms with Gasteiger partial charge in [0.2, 0.25) is 0 Å². The van der Waals surface area contributed by atoms with Gasteiger partial charge in [0.25, 0.3) is 5.82 Å². The molecular formula is C18H19F3N6O3S. The minimum Gasteiger partial charge on any atom is -0.383 e. The first-order chi connectivity index (χ1) is 14.6. The summed E-state index contributed by atoms with van der Waals surface area (Å²) in [7, 11) is -3.56. The quantitative estimate of drug-likeness (QED) is 0.537. The fourth-order valence-corrected chi connectivity index (χ4v) is 3.80. The molecule has 0 atom stereocenters. The second-order valence-corrected chi connectivity index (χ2v) is 8.75. The molecule has 9 nitrogen and oxygen atoms in total. The lowest BCUT2D eigenvalue weighted by Crippen LogP contribution is -2.46. The molecule has 0 amide bonds. The van der Waals surface area contributed by atoms with Crippen molar-refractivity contribution in [2.75, 3.05) is 37.3 Å². The molecular weight excluding hydrogens is 437 g/mol. The van der Waals surface area contributed by atoms with Gasteiger partial charge in [0.1, 0.15) is 11.6 Å². The summed E-state index contributed by atoms with van der Waals surface area (Å²) in [6, 6.07) is 9.91. The number of nitrogens with zero attached hydrogens (tertiary/aromatic N) is 6. The van der Waals surface area contributed by atoms with E-state index in [1.807, 2.05) is 4.90 Å². The van der Waals surface area contributed by atoms with Crippen molar-refractivity contribution in [3.8, 4) is 5.75 Å². The van der Waals surface area contributed by atoms with Crippen molar-refractivity contribution >= 4 is 21.6 Å². The summed E-state index contributed by atoms with van der Waals surface area (Å²) in [6.07, 6.45) is -3.65. The number of hydrogen-bond acceptors (Lipinski definition) is 8. The Morgan fingerprint density at radius 2 is 1.68 bits per heavy atom. The summed E-state index contributed by atoms with van der Waals surface area (Å²) in [5, 5.41) is 10.8. The molecule has 0 bridgehead atoms. The molecule has 3 aromatic rings. The van der Waals surface area contributed by atoms with Crippen molar-refractivity contribution in [1.29, 1.82) is 0 Å². The Balaban J connectivity index is 1.38. The molecule has 0 unspecified atom stereocenters. The molecule has 3 heterocycles. The van der Waals surface area contributed by atoms with Crippen LogP contribution in [0.4, 0.5) is 19.0 Å². The average molecular weight is 456 g/mol. The summed E-state index contributed by atoms with van der Waals surface area (Å²) in [5.74, 6) is -0.462. The molecule has 166 valence electrons. The smallest absolute Gasteiger partial charge is 0.383 e. The van der Waals surface area contributed by atoms with E-state index in [1.165, 1.54) is 6.07 Å². The van der Waals surface area contributed by atoms with Crippen molar-refractivity contribution in [2.24, 2.45) is 0 Å². The lowest BCUT2D eigenvalue weighted by Gasteiger charge is -2.35. The predicted octanol–water partition coefficient (Wildman–Crippen LogP) is 1.80. The van der Waals surface area contributed by atoms with E-state index in [9.17, 15) is 21.6 Å². The summed E-state index contributed by atoms with van der Waals surface area (Å²) in [5.41, 5.74) is 1.03. The highest BCUT2D eigenvalue weighted by molar-refractivity contribution is 7.86. The lowest BCUT2D eigenvalue weighted by atomic mass is 10.2. The van der Waals surface area contributed by atoms with Crippen molar-refractivity contribution < 1.29 is 25.8 Å². The van der Waals surface area contributed by atoms with Crippen molar-refractivity contribution in [1.82, 2.24) is 24.7 Å². The third-order valence-corrected chi connectivity index (χ3v) is 5.27. The highest BCUT2D eigenvalue weighted by Crippen LogP contribution is 2.28. The summed E-state index contributed by atoms with van der Waals surface area (Å²) in [6.45, 7) is 3.23. The number of benzene rings is 1. The van der Waals surface area contributed by atoms with Gasteiger partial charge in [0, 0.05) is 32.7 Å². The van der Waals surface area contributed by atoms with Gasteiger partial charge in [0.05, 0.1) is 6.26 Å². The van der Waals surface area contributed by atoms with Gasteiger partial charge < -0.3 is 9.08 Å². The minimum absolute atomic E-state index is 0.0398. The fourth-order valence-electron chi connectivity index (χ4n) is 3.34. The molecule has 0 spiro atoms. The third-order valence-electron chi connectivity index (χ3n) is 4.78. The zero-order valence-electron chi connectivity index (χ0n) is 16.4. The van der Waals surface area contributed by atoms with Gasteiger partial charge in [0.15, 0.2) is 5.65 Å². The number of aromatic nitrogens is 4. The van der Waals surface area contributed by atoms with Gasteiger partial charge in [-0.3, -0.25) is 4.90 Å². The van der Waals surface area contributed by atoms with E-state index in [0.717, 1.165) is 16.3 Å². The number of halogens is 3. The Kier molecular flexibility index (Phi) is 5.47. The average Bonchev–Trinajstić information content (AvgIpc) is 3.13. The summed E-state index contributed by atoms with van der Waals surface area (Å²) in [4.78, 5) is 4.11. The Hall–Kier alpha value is -2.93. The van der Waals surface area contributed by atoms with Crippen LogP contribution in [0.2, 0.25) is 0 Å². The van der Waals surface area contributed by atoms with Crippen LogP contribution >= 0.6 is 0 Å². The second-order valence-electron chi connectivity index (χ2n) is 7.18. The molecule has 1 fully saturated rings. The largest absolute Gasteiger partial charge is 0.453 e. The van der Waals surface area contributed by atoms with Gasteiger partial charge in [-0.2, -0.15) is 26.1 Å². The van der Waals surface area contributed by atoms with Crippen LogP contribution < -0.4 is 9.08 Å². The number of piperazine rings is 1. The lowest BCUT2D eigenvalue weighted by molar-refractivity contribution is -0.146. The maximum atomic E-state index is 13.1. The molecule has 1 aromatic carbocycles. The van der Waals surface area contributed by atoms with Gasteiger partial charge in [-0.25, -0.2) is 0 Å². The highest BCUT2D eigenvalue weighted by atomic mass is 32.2. The van der Waals surface area contributed by atoms with Crippen LogP contribution in [0.1, 0.15) is 11.4 Å². The summed E-state index contributed by atoms with van der Waals surface area (Å²) >= 11 is 0. The molecule has 13 heteroatoms. The van der Waals surface area contributed by atoms with Crippen LogP contribution in [0.25, 0.3) is 5.65 Å². The molecule has 2 aromatic heterocycles. The van der Waals surface area contributed by atoms with E-state index >= 15 is 0 Å². The monoisotopic (exact) mass is 456 g/mol. The fraction of sp³-hybridized carbons (Fsp3) is 0.389. The first-order valence-electron chi connectivity index (χ1n) is 9.34. The second kappa shape index (κ2) is 7.96. The van der Waals surface area contributed by atoms with Crippen LogP contribution in [0.5, 0.6) is 5.75 Å². The van der Waals surface area contributed by atoms with Crippen LogP contribution in [0.15, 0.2) is 36.4 Å². The molecule has 1 aliphatic rings. The van der Waals surface area contributed by atoms with E-state index in [0.29, 0.717) is 38.5 Å². The van der Waals surface area contributed by atoms with Crippen LogP contribution in [0.3, 0.4) is 0 Å². The van der Waals surface area contributed by atoms with Crippen LogP contribution in [-0.4, -0.2) is 65.6 Å². The third kappa shape index (κ3) is 5.05. The molecule has 1 saturated heterocycles. The number of fused-ring (bicyclic) bond motifs is 1. The topological polar surface area (TPSA) is 92.9 Å². The predicted molar refractivity (Wildman–Crippen MR) is 105 cm³/mol. The van der Waals surface area contributed by atoms with E-state index in [1.54, 1.807) is 30.3 Å². The van der Waals surface area contributed by atoms with Crippen LogP contribution in [-0.2, 0) is 22.8 Å². The van der Waals surface area contributed by atoms with Crippen molar-refractivity contribution in [2.45, 2.75) is 12.7 Å². The first-order valence-corrected chi connectivity index (χ1v) is 11.2. The van der Waals surface area contributed by atoms with E-state index < -0.39 is 22.1 Å². The highest BCUT2D eigenvalue weighted by Gasteiger charge is 2.37. The summed E-state index contributed by atoms with van der Waals surface area (Å²) < 4.78 is 67.1. The number of anilines is 1. The first kappa shape index (κ1) is 21.3. The van der Waals surface area contributed by atoms with E-state index in [4.69, 9.17) is 4.18 Å². The zero-order chi connectivity index (χ0) is 22.2. The van der Waals surface area contributed by atoms with Crippen LogP contribution in [0, 0.1) is 0 Å². The maximum Gasteiger partial charge on any atom is 0.453 e. The Morgan fingerprint density at radius 3 is 2.29 bits per heavy atom. The maximum absolute atomic E-state index is 13.1. The Morgan fingerprint density at radius 1 is 1.00 bits per heavy atom. The van der Waals surface area contributed by atoms with Crippen molar-refractivity contribution in [3.05, 3.63) is 47.8 Å². The van der Waals surface area contributed by atoms with Gasteiger partial charge >= 0.3 is 16.3 Å². The normalized spacial score (nSPS) is 16.1. The molecule has 31 heavy (non-hydrogen) atoms. The van der Waals surface area contributed by atoms with Gasteiger partial charge in [-0.05, 0) is 29.8 Å². The van der Waals surface area contributed by atoms with E-state index in [-0.39, 0.29) is 11.4 Å². The van der Waals surface area contributed by atoms with Gasteiger partial charge in [-0.15, -0.1) is 15.3 Å². The molecule has 0 radical (unpaired) electrons.